The van der Waals surface area contributed by atoms with E-state index >= 15 is 0 Å². The van der Waals surface area contributed by atoms with Crippen LogP contribution in [0.2, 0.25) is 0 Å². The zero-order valence-electron chi connectivity index (χ0n) is 17.2. The van der Waals surface area contributed by atoms with E-state index in [4.69, 9.17) is 5.73 Å². The molecule has 5 fully saturated rings. The fourth-order valence-corrected chi connectivity index (χ4v) is 7.08. The number of rotatable bonds is 5. The highest BCUT2D eigenvalue weighted by Gasteiger charge is 2.55. The zero-order valence-corrected chi connectivity index (χ0v) is 17.2. The van der Waals surface area contributed by atoms with Crippen LogP contribution >= 0.6 is 0 Å². The van der Waals surface area contributed by atoms with Crippen molar-refractivity contribution in [2.75, 3.05) is 32.7 Å². The van der Waals surface area contributed by atoms with Gasteiger partial charge in [0.05, 0.1) is 10.8 Å². The summed E-state index contributed by atoms with van der Waals surface area (Å²) in [7, 11) is 0. The van der Waals surface area contributed by atoms with Crippen LogP contribution in [0.15, 0.2) is 0 Å². The Bertz CT molecular complexity index is 547. The highest BCUT2D eigenvalue weighted by molar-refractivity contribution is 5.85. The van der Waals surface area contributed by atoms with Crippen molar-refractivity contribution in [1.82, 2.24) is 9.80 Å². The quantitative estimate of drug-likeness (QED) is 0.803. The molecule has 5 heteroatoms. The molecule has 27 heavy (non-hydrogen) atoms. The summed E-state index contributed by atoms with van der Waals surface area (Å²) in [6.45, 7) is 7.24. The van der Waals surface area contributed by atoms with Crippen molar-refractivity contribution in [2.45, 2.75) is 65.2 Å². The van der Waals surface area contributed by atoms with Crippen molar-refractivity contribution in [1.29, 1.82) is 0 Å². The molecule has 1 heterocycles. The van der Waals surface area contributed by atoms with Crippen molar-refractivity contribution in [3.8, 4) is 0 Å². The molecular weight excluding hydrogens is 338 g/mol. The molecule has 5 nitrogen and oxygen atoms in total. The molecule has 1 aliphatic heterocycles. The SMILES string of the molecule is CCC(CC)(CN)C(=O)N1CCN(C(=O)C23CC4CC(CC(C4)C2)C3)CC1. The molecule has 4 bridgehead atoms. The Labute approximate surface area is 164 Å². The summed E-state index contributed by atoms with van der Waals surface area (Å²) in [6.07, 6.45) is 9.03. The van der Waals surface area contributed by atoms with E-state index in [-0.39, 0.29) is 11.3 Å². The summed E-state index contributed by atoms with van der Waals surface area (Å²) < 4.78 is 0. The van der Waals surface area contributed by atoms with Crippen molar-refractivity contribution >= 4 is 11.8 Å². The van der Waals surface area contributed by atoms with Gasteiger partial charge in [0.15, 0.2) is 0 Å². The van der Waals surface area contributed by atoms with Crippen LogP contribution in [0.5, 0.6) is 0 Å². The van der Waals surface area contributed by atoms with Gasteiger partial charge in [-0.2, -0.15) is 0 Å². The van der Waals surface area contributed by atoms with Crippen LogP contribution in [0.4, 0.5) is 0 Å². The van der Waals surface area contributed by atoms with Crippen LogP contribution in [0.25, 0.3) is 0 Å². The first-order valence-electron chi connectivity index (χ1n) is 11.2. The first kappa shape index (κ1) is 19.2. The van der Waals surface area contributed by atoms with Crippen molar-refractivity contribution in [2.24, 2.45) is 34.3 Å². The first-order valence-corrected chi connectivity index (χ1v) is 11.2. The lowest BCUT2D eigenvalue weighted by Gasteiger charge is -2.57. The van der Waals surface area contributed by atoms with Crippen LogP contribution in [-0.4, -0.2) is 54.3 Å². The lowest BCUT2D eigenvalue weighted by Crippen LogP contribution is -2.60. The third-order valence-corrected chi connectivity index (χ3v) is 8.54. The third-order valence-electron chi connectivity index (χ3n) is 8.54. The van der Waals surface area contributed by atoms with E-state index in [9.17, 15) is 9.59 Å². The fraction of sp³-hybridized carbons (Fsp3) is 0.909. The van der Waals surface area contributed by atoms with E-state index in [1.165, 1.54) is 19.3 Å². The number of amides is 2. The van der Waals surface area contributed by atoms with Gasteiger partial charge in [0.2, 0.25) is 11.8 Å². The smallest absolute Gasteiger partial charge is 0.230 e. The minimum absolute atomic E-state index is 0.0607. The largest absolute Gasteiger partial charge is 0.339 e. The van der Waals surface area contributed by atoms with Gasteiger partial charge in [-0.25, -0.2) is 0 Å². The lowest BCUT2D eigenvalue weighted by molar-refractivity contribution is -0.161. The summed E-state index contributed by atoms with van der Waals surface area (Å²) in [5, 5.41) is 0. The number of nitrogens with two attached hydrogens (primary N) is 1. The van der Waals surface area contributed by atoms with Gasteiger partial charge in [0.25, 0.3) is 0 Å². The Kier molecular flexibility index (Phi) is 5.02. The Morgan fingerprint density at radius 3 is 1.74 bits per heavy atom. The average Bonchev–Trinajstić information content (AvgIpc) is 2.68. The third kappa shape index (κ3) is 3.10. The highest BCUT2D eigenvalue weighted by atomic mass is 16.2. The molecule has 0 atom stereocenters. The minimum Gasteiger partial charge on any atom is -0.339 e. The van der Waals surface area contributed by atoms with E-state index in [1.807, 2.05) is 4.90 Å². The predicted octanol–water partition coefficient (Wildman–Crippen LogP) is 2.64. The van der Waals surface area contributed by atoms with Gasteiger partial charge in [-0.05, 0) is 69.1 Å². The molecule has 0 aromatic heterocycles. The number of carbonyl (C=O) groups excluding carboxylic acids is 2. The van der Waals surface area contributed by atoms with E-state index < -0.39 is 5.41 Å². The molecule has 0 unspecified atom stereocenters. The van der Waals surface area contributed by atoms with Gasteiger partial charge in [0, 0.05) is 32.7 Å². The summed E-state index contributed by atoms with van der Waals surface area (Å²) >= 11 is 0. The zero-order chi connectivity index (χ0) is 19.2. The molecule has 0 aromatic rings. The molecule has 0 spiro atoms. The molecule has 4 aliphatic carbocycles. The second-order valence-corrected chi connectivity index (χ2v) is 9.97. The number of carbonyl (C=O) groups is 2. The van der Waals surface area contributed by atoms with E-state index in [2.05, 4.69) is 18.7 Å². The van der Waals surface area contributed by atoms with Gasteiger partial charge in [-0.15, -0.1) is 0 Å². The molecule has 5 aliphatic rings. The van der Waals surface area contributed by atoms with Crippen LogP contribution in [-0.2, 0) is 9.59 Å². The lowest BCUT2D eigenvalue weighted by atomic mass is 9.49. The molecule has 152 valence electrons. The van der Waals surface area contributed by atoms with Crippen molar-refractivity contribution < 1.29 is 9.59 Å². The molecule has 0 radical (unpaired) electrons. The first-order chi connectivity index (χ1) is 12.9. The van der Waals surface area contributed by atoms with Crippen LogP contribution < -0.4 is 5.73 Å². The summed E-state index contributed by atoms with van der Waals surface area (Å²) in [5.41, 5.74) is 5.48. The van der Waals surface area contributed by atoms with E-state index in [0.29, 0.717) is 38.6 Å². The van der Waals surface area contributed by atoms with Gasteiger partial charge in [0.1, 0.15) is 0 Å². The van der Waals surface area contributed by atoms with Crippen LogP contribution in [0, 0.1) is 28.6 Å². The summed E-state index contributed by atoms with van der Waals surface area (Å²) in [5.74, 6) is 2.98. The van der Waals surface area contributed by atoms with E-state index in [1.54, 1.807) is 0 Å². The molecule has 5 rings (SSSR count). The maximum Gasteiger partial charge on any atom is 0.230 e. The standard InChI is InChI=1S/C22H37N3O2/c1-3-21(4-2,15-23)19(26)24-5-7-25(8-6-24)20(27)22-12-16-9-17(13-22)11-18(10-16)14-22/h16-18H,3-15,23H2,1-2H3. The van der Waals surface area contributed by atoms with Gasteiger partial charge >= 0.3 is 0 Å². The average molecular weight is 376 g/mol. The number of hydrogen-bond acceptors (Lipinski definition) is 3. The molecular formula is C22H37N3O2. The molecule has 1 saturated heterocycles. The molecule has 0 aromatic carbocycles. The highest BCUT2D eigenvalue weighted by Crippen LogP contribution is 2.60. The Hall–Kier alpha value is -1.10. The van der Waals surface area contributed by atoms with Crippen LogP contribution in [0.3, 0.4) is 0 Å². The number of nitrogens with zero attached hydrogens (tertiary/aromatic N) is 2. The van der Waals surface area contributed by atoms with Crippen LogP contribution in [0.1, 0.15) is 65.2 Å². The topological polar surface area (TPSA) is 66.6 Å². The maximum absolute atomic E-state index is 13.5. The van der Waals surface area contributed by atoms with Crippen molar-refractivity contribution in [3.05, 3.63) is 0 Å². The fourth-order valence-electron chi connectivity index (χ4n) is 7.08. The van der Waals surface area contributed by atoms with Crippen molar-refractivity contribution in [3.63, 3.8) is 0 Å². The monoisotopic (exact) mass is 375 g/mol. The van der Waals surface area contributed by atoms with Gasteiger partial charge < -0.3 is 15.5 Å². The number of piperazine rings is 1. The molecule has 2 amide bonds. The summed E-state index contributed by atoms with van der Waals surface area (Å²) in [4.78, 5) is 30.6. The predicted molar refractivity (Wildman–Crippen MR) is 106 cm³/mol. The van der Waals surface area contributed by atoms with Gasteiger partial charge in [-0.3, -0.25) is 9.59 Å². The minimum atomic E-state index is -0.424. The van der Waals surface area contributed by atoms with E-state index in [0.717, 1.165) is 49.9 Å². The van der Waals surface area contributed by atoms with Gasteiger partial charge in [-0.1, -0.05) is 13.8 Å². The maximum atomic E-state index is 13.5. The Morgan fingerprint density at radius 2 is 1.33 bits per heavy atom. The normalized spacial score (nSPS) is 35.6. The molecule has 4 saturated carbocycles. The number of hydrogen-bond donors (Lipinski definition) is 1. The Balaban J connectivity index is 1.40. The Morgan fingerprint density at radius 1 is 0.889 bits per heavy atom. The second-order valence-electron chi connectivity index (χ2n) is 9.97. The second kappa shape index (κ2) is 7.06. The molecule has 2 N–H and O–H groups in total. The summed E-state index contributed by atoms with van der Waals surface area (Å²) in [6, 6.07) is 0.